The highest BCUT2D eigenvalue weighted by atomic mass is 16.5. The van der Waals surface area contributed by atoms with E-state index in [0.29, 0.717) is 18.2 Å². The van der Waals surface area contributed by atoms with Gasteiger partial charge in [-0.05, 0) is 55.7 Å². The van der Waals surface area contributed by atoms with Crippen LogP contribution < -0.4 is 15.4 Å². The Balaban J connectivity index is 1.40. The van der Waals surface area contributed by atoms with Crippen molar-refractivity contribution in [2.24, 2.45) is 0 Å². The van der Waals surface area contributed by atoms with E-state index in [2.05, 4.69) is 27.5 Å². The minimum absolute atomic E-state index is 0.0218. The monoisotopic (exact) mass is 461 g/mol. The zero-order valence-electron chi connectivity index (χ0n) is 19.4. The minimum atomic E-state index is -0.850. The number of unbranched alkanes of at least 4 members (excludes halogenated alkanes) is 1. The van der Waals surface area contributed by atoms with Gasteiger partial charge < -0.3 is 25.4 Å². The van der Waals surface area contributed by atoms with Gasteiger partial charge in [0.15, 0.2) is 0 Å². The lowest BCUT2D eigenvalue weighted by Crippen LogP contribution is -2.53. The Kier molecular flexibility index (Phi) is 7.80. The summed E-state index contributed by atoms with van der Waals surface area (Å²) in [6.07, 6.45) is 5.27. The molecule has 0 spiro atoms. The normalized spacial score (nSPS) is 17.7. The first-order valence-corrected chi connectivity index (χ1v) is 11.8. The van der Waals surface area contributed by atoms with E-state index in [1.807, 2.05) is 60.7 Å². The fourth-order valence-corrected chi connectivity index (χ4v) is 4.31. The lowest BCUT2D eigenvalue weighted by atomic mass is 9.92. The van der Waals surface area contributed by atoms with Gasteiger partial charge in [-0.25, -0.2) is 14.8 Å². The third-order valence-corrected chi connectivity index (χ3v) is 5.98. The van der Waals surface area contributed by atoms with E-state index in [1.54, 1.807) is 4.90 Å². The first-order valence-electron chi connectivity index (χ1n) is 11.8. The van der Waals surface area contributed by atoms with Crippen molar-refractivity contribution in [3.05, 3.63) is 67.0 Å². The maximum Gasteiger partial charge on any atom is 0.407 e. The van der Waals surface area contributed by atoms with Crippen LogP contribution in [0.25, 0.3) is 0 Å². The molecule has 2 aromatic carbocycles. The molecule has 1 saturated heterocycles. The third-order valence-electron chi connectivity index (χ3n) is 5.98. The van der Waals surface area contributed by atoms with E-state index in [4.69, 9.17) is 4.74 Å². The molecule has 3 N–H and O–H groups in total. The van der Waals surface area contributed by atoms with Crippen LogP contribution in [0.1, 0.15) is 39.0 Å². The summed E-state index contributed by atoms with van der Waals surface area (Å²) >= 11 is 0. The quantitative estimate of drug-likeness (QED) is 0.353. The van der Waals surface area contributed by atoms with Crippen molar-refractivity contribution in [3.8, 4) is 11.5 Å². The minimum Gasteiger partial charge on any atom is -0.465 e. The van der Waals surface area contributed by atoms with E-state index in [-0.39, 0.29) is 12.1 Å². The van der Waals surface area contributed by atoms with Gasteiger partial charge in [0.1, 0.15) is 29.5 Å². The zero-order chi connectivity index (χ0) is 23.8. The van der Waals surface area contributed by atoms with E-state index in [1.165, 1.54) is 6.33 Å². The van der Waals surface area contributed by atoms with E-state index < -0.39 is 6.09 Å². The van der Waals surface area contributed by atoms with Gasteiger partial charge in [0.25, 0.3) is 0 Å². The molecule has 1 aromatic heterocycles. The Bertz CT molecular complexity index is 1060. The number of anilines is 3. The number of amides is 1. The van der Waals surface area contributed by atoms with Gasteiger partial charge in [-0.2, -0.15) is 0 Å². The van der Waals surface area contributed by atoms with Crippen LogP contribution in [0.4, 0.5) is 22.1 Å². The Morgan fingerprint density at radius 3 is 2.56 bits per heavy atom. The molecule has 0 aliphatic carbocycles. The number of piperidine rings is 1. The van der Waals surface area contributed by atoms with Crippen molar-refractivity contribution < 1.29 is 14.6 Å². The Hall–Kier alpha value is -3.81. The lowest BCUT2D eigenvalue weighted by Gasteiger charge is -2.40. The van der Waals surface area contributed by atoms with Crippen molar-refractivity contribution in [1.29, 1.82) is 0 Å². The number of benzene rings is 2. The van der Waals surface area contributed by atoms with E-state index >= 15 is 0 Å². The molecule has 1 fully saturated rings. The second-order valence-corrected chi connectivity index (χ2v) is 8.43. The number of para-hydroxylation sites is 1. The summed E-state index contributed by atoms with van der Waals surface area (Å²) in [6.45, 7) is 2.71. The zero-order valence-corrected chi connectivity index (χ0v) is 19.4. The Labute approximate surface area is 200 Å². The smallest absolute Gasteiger partial charge is 0.407 e. The van der Waals surface area contributed by atoms with Crippen LogP contribution in [0.2, 0.25) is 0 Å². The molecular weight excluding hydrogens is 430 g/mol. The molecule has 0 radical (unpaired) electrons. The Morgan fingerprint density at radius 2 is 1.82 bits per heavy atom. The van der Waals surface area contributed by atoms with Crippen LogP contribution in [-0.4, -0.2) is 44.7 Å². The maximum atomic E-state index is 11.8. The molecule has 34 heavy (non-hydrogen) atoms. The molecule has 1 aliphatic rings. The number of nitrogens with one attached hydrogen (secondary N) is 2. The summed E-state index contributed by atoms with van der Waals surface area (Å²) in [4.78, 5) is 22.0. The van der Waals surface area contributed by atoms with Gasteiger partial charge in [-0.15, -0.1) is 0 Å². The molecule has 8 nitrogen and oxygen atoms in total. The molecular formula is C26H31N5O3. The Morgan fingerprint density at radius 1 is 1.09 bits per heavy atom. The van der Waals surface area contributed by atoms with Crippen LogP contribution in [0.5, 0.6) is 11.5 Å². The number of carboxylic acid groups (broad SMARTS) is 1. The van der Waals surface area contributed by atoms with Crippen molar-refractivity contribution in [1.82, 2.24) is 14.9 Å². The summed E-state index contributed by atoms with van der Waals surface area (Å²) in [6, 6.07) is 19.1. The second kappa shape index (κ2) is 11.4. The first kappa shape index (κ1) is 23.4. The molecule has 0 saturated carbocycles. The number of aromatic nitrogens is 2. The van der Waals surface area contributed by atoms with Gasteiger partial charge in [0, 0.05) is 24.3 Å². The van der Waals surface area contributed by atoms with Crippen LogP contribution in [0, 0.1) is 0 Å². The maximum absolute atomic E-state index is 11.8. The second-order valence-electron chi connectivity index (χ2n) is 8.43. The van der Waals surface area contributed by atoms with Crippen LogP contribution >= 0.6 is 0 Å². The number of hydrogen-bond donors (Lipinski definition) is 3. The molecule has 3 aromatic rings. The van der Waals surface area contributed by atoms with Gasteiger partial charge in [-0.1, -0.05) is 38.0 Å². The molecule has 1 aliphatic heterocycles. The van der Waals surface area contributed by atoms with Crippen LogP contribution in [0.3, 0.4) is 0 Å². The summed E-state index contributed by atoms with van der Waals surface area (Å²) in [5.74, 6) is 2.88. The SMILES string of the molecule is CCCCC1C(Nc2cc(Nc3ccc(Oc4ccccc4)cc3)ncn2)CCCN1C(=O)O. The largest absolute Gasteiger partial charge is 0.465 e. The van der Waals surface area contributed by atoms with Gasteiger partial charge in [-0.3, -0.25) is 0 Å². The van der Waals surface area contributed by atoms with Crippen molar-refractivity contribution in [2.45, 2.75) is 51.1 Å². The molecule has 8 heteroatoms. The number of nitrogens with zero attached hydrogens (tertiary/aromatic N) is 3. The number of ether oxygens (including phenoxy) is 1. The number of carbonyl (C=O) groups is 1. The highest BCUT2D eigenvalue weighted by Crippen LogP contribution is 2.27. The van der Waals surface area contributed by atoms with Gasteiger partial charge in [0.05, 0.1) is 6.04 Å². The van der Waals surface area contributed by atoms with Gasteiger partial charge in [0.2, 0.25) is 0 Å². The van der Waals surface area contributed by atoms with Gasteiger partial charge >= 0.3 is 6.09 Å². The average Bonchev–Trinajstić information content (AvgIpc) is 2.85. The highest BCUT2D eigenvalue weighted by Gasteiger charge is 2.34. The number of hydrogen-bond acceptors (Lipinski definition) is 6. The summed E-state index contributed by atoms with van der Waals surface area (Å²) in [5.41, 5.74) is 0.876. The predicted octanol–water partition coefficient (Wildman–Crippen LogP) is 6.13. The van der Waals surface area contributed by atoms with E-state index in [9.17, 15) is 9.90 Å². The molecule has 2 unspecified atom stereocenters. The fraction of sp³-hybridized carbons (Fsp3) is 0.346. The standard InChI is InChI=1S/C26H31N5O3/c1-2-3-11-23-22(10-7-16-31(23)26(32)33)30-25-17-24(27-18-28-25)29-19-12-14-21(15-13-19)34-20-8-5-4-6-9-20/h4-6,8-9,12-15,17-18,22-23H,2-3,7,10-11,16H2,1H3,(H,32,33)(H2,27,28,29,30). The van der Waals surface area contributed by atoms with Crippen molar-refractivity contribution >= 4 is 23.4 Å². The molecule has 4 rings (SSSR count). The molecule has 1 amide bonds. The highest BCUT2D eigenvalue weighted by molar-refractivity contribution is 5.66. The predicted molar refractivity (Wildman–Crippen MR) is 133 cm³/mol. The van der Waals surface area contributed by atoms with Crippen molar-refractivity contribution in [3.63, 3.8) is 0 Å². The molecule has 2 atom stereocenters. The molecule has 0 bridgehead atoms. The molecule has 178 valence electrons. The summed E-state index contributed by atoms with van der Waals surface area (Å²) in [5, 5.41) is 16.4. The molecule has 2 heterocycles. The van der Waals surface area contributed by atoms with Crippen molar-refractivity contribution in [2.75, 3.05) is 17.2 Å². The number of rotatable bonds is 9. The summed E-state index contributed by atoms with van der Waals surface area (Å²) < 4.78 is 5.84. The van der Waals surface area contributed by atoms with E-state index in [0.717, 1.165) is 49.3 Å². The first-order chi connectivity index (χ1) is 16.6. The fourth-order valence-electron chi connectivity index (χ4n) is 4.31. The topological polar surface area (TPSA) is 99.6 Å². The van der Waals surface area contributed by atoms with Crippen LogP contribution in [-0.2, 0) is 0 Å². The lowest BCUT2D eigenvalue weighted by molar-refractivity contribution is 0.0966. The summed E-state index contributed by atoms with van der Waals surface area (Å²) in [7, 11) is 0. The average molecular weight is 462 g/mol. The number of likely N-dealkylation sites (tertiary alicyclic amines) is 1. The third kappa shape index (κ3) is 6.15. The van der Waals surface area contributed by atoms with Crippen LogP contribution in [0.15, 0.2) is 67.0 Å².